The van der Waals surface area contributed by atoms with Crippen LogP contribution in [0.3, 0.4) is 0 Å². The first-order chi connectivity index (χ1) is 25.1. The number of ketones is 2. The molecule has 1 aromatic heterocycles. The molecule has 1 aliphatic rings. The summed E-state index contributed by atoms with van der Waals surface area (Å²) in [4.78, 5) is 70.1. The number of amides is 2. The van der Waals surface area contributed by atoms with Gasteiger partial charge < -0.3 is 24.1 Å². The highest BCUT2D eigenvalue weighted by molar-refractivity contribution is 5.90. The van der Waals surface area contributed by atoms with Crippen LogP contribution in [0.2, 0.25) is 0 Å². The zero-order chi connectivity index (χ0) is 39.8. The Morgan fingerprint density at radius 1 is 0.962 bits per heavy atom. The third-order valence-corrected chi connectivity index (χ3v) is 11.5. The number of ether oxygens (including phenoxy) is 2. The molecule has 53 heavy (non-hydrogen) atoms. The van der Waals surface area contributed by atoms with Gasteiger partial charge in [0.2, 0.25) is 11.8 Å². The fourth-order valence-corrected chi connectivity index (χ4v) is 8.25. The van der Waals surface area contributed by atoms with Gasteiger partial charge in [0, 0.05) is 71.4 Å². The Balaban J connectivity index is 2.22. The maximum absolute atomic E-state index is 14.4. The maximum Gasteiger partial charge on any atom is 0.226 e. The van der Waals surface area contributed by atoms with Gasteiger partial charge in [-0.3, -0.25) is 29.1 Å². The number of hydrogen-bond acceptors (Lipinski definition) is 10. The van der Waals surface area contributed by atoms with E-state index in [4.69, 9.17) is 20.2 Å². The van der Waals surface area contributed by atoms with Gasteiger partial charge in [-0.25, -0.2) is 5.90 Å². The largest absolute Gasteiger partial charge is 0.379 e. The summed E-state index contributed by atoms with van der Waals surface area (Å²) in [5.74, 6) is 4.24. The monoisotopic (exact) mass is 746 g/mol. The van der Waals surface area contributed by atoms with Crippen LogP contribution in [0.1, 0.15) is 99.0 Å². The van der Waals surface area contributed by atoms with Gasteiger partial charge in [0.25, 0.3) is 0 Å². The van der Waals surface area contributed by atoms with Gasteiger partial charge in [0.05, 0.1) is 43.4 Å². The summed E-state index contributed by atoms with van der Waals surface area (Å²) in [5, 5.41) is 0. The SMILES string of the molecule is CC[C@H](C)[C@@H]([C@@H](CC(=O)N1CCC[C@H]1[C@H](OC)[C@@H](C)C(=O)CCCc1ccncc1)OC)N(C)C(=O)[C@@H](CC(=O)[C@H](C(C)C)N(C)CCON)C(C)C. The average Bonchev–Trinajstić information content (AvgIpc) is 3.62. The van der Waals surface area contributed by atoms with E-state index in [1.54, 1.807) is 38.6 Å². The number of carbonyl (C=O) groups is 4. The Hall–Kier alpha value is -2.77. The number of aryl methyl sites for hydroxylation is 1. The van der Waals surface area contributed by atoms with Gasteiger partial charge in [-0.15, -0.1) is 0 Å². The molecule has 0 radical (unpaired) electrons. The summed E-state index contributed by atoms with van der Waals surface area (Å²) in [6, 6.07) is 2.92. The molecule has 0 aromatic carbocycles. The molecule has 2 amide bonds. The van der Waals surface area contributed by atoms with Crippen molar-refractivity contribution in [1.29, 1.82) is 0 Å². The topological polar surface area (TPSA) is 145 Å². The Kier molecular flexibility index (Phi) is 20.3. The van der Waals surface area contributed by atoms with Crippen molar-refractivity contribution in [2.75, 3.05) is 48.0 Å². The number of nitrogens with zero attached hydrogens (tertiary/aromatic N) is 4. The summed E-state index contributed by atoms with van der Waals surface area (Å²) in [7, 11) is 6.87. The molecule has 302 valence electrons. The number of Topliss-reactive ketones (excluding diaryl/α,β-unsaturated/α-hetero) is 2. The molecule has 12 heteroatoms. The fraction of sp³-hybridized carbons (Fsp3) is 0.780. The zero-order valence-corrected chi connectivity index (χ0v) is 34.6. The Bertz CT molecular complexity index is 1260. The van der Waals surface area contributed by atoms with E-state index in [0.29, 0.717) is 26.1 Å². The summed E-state index contributed by atoms with van der Waals surface area (Å²) >= 11 is 0. The molecule has 0 aliphatic carbocycles. The predicted octanol–water partition coefficient (Wildman–Crippen LogP) is 4.97. The van der Waals surface area contributed by atoms with Crippen LogP contribution in [0.5, 0.6) is 0 Å². The minimum Gasteiger partial charge on any atom is -0.379 e. The molecule has 12 nitrogen and oxygen atoms in total. The van der Waals surface area contributed by atoms with Gasteiger partial charge in [-0.05, 0) is 68.2 Å². The van der Waals surface area contributed by atoms with Crippen LogP contribution >= 0.6 is 0 Å². The summed E-state index contributed by atoms with van der Waals surface area (Å²) in [6.07, 6.45) is 7.03. The van der Waals surface area contributed by atoms with Crippen molar-refractivity contribution >= 4 is 23.4 Å². The maximum atomic E-state index is 14.4. The van der Waals surface area contributed by atoms with E-state index in [1.165, 1.54) is 0 Å². The molecule has 0 saturated carbocycles. The fourth-order valence-electron chi connectivity index (χ4n) is 8.25. The standard InChI is InChI=1S/C41H71N5O7/c1-12-29(6)39(45(9)41(50)32(27(2)3)25-35(48)38(28(4)5)44(8)23-24-53-42)36(51-10)26-37(49)46-22-14-16-33(46)40(52-11)30(7)34(47)17-13-15-31-18-20-43-21-19-31/h18-21,27-30,32-33,36,38-40H,12-17,22-26,42H2,1-11H3/t29-,30-,32-,33-,36+,38-,39-,40+/m0/s1. The second kappa shape index (κ2) is 23.2. The lowest BCUT2D eigenvalue weighted by molar-refractivity contribution is -0.149. The highest BCUT2D eigenvalue weighted by Gasteiger charge is 2.43. The van der Waals surface area contributed by atoms with Gasteiger partial charge in [-0.1, -0.05) is 54.9 Å². The molecule has 2 rings (SSSR count). The van der Waals surface area contributed by atoms with Crippen molar-refractivity contribution in [3.63, 3.8) is 0 Å². The third-order valence-electron chi connectivity index (χ3n) is 11.5. The van der Waals surface area contributed by atoms with Crippen LogP contribution in [-0.4, -0.2) is 121 Å². The van der Waals surface area contributed by atoms with Crippen LogP contribution in [-0.2, 0) is 39.9 Å². The Morgan fingerprint density at radius 3 is 2.17 bits per heavy atom. The van der Waals surface area contributed by atoms with E-state index in [-0.39, 0.29) is 72.0 Å². The molecular formula is C41H71N5O7. The Morgan fingerprint density at radius 2 is 1.62 bits per heavy atom. The smallest absolute Gasteiger partial charge is 0.226 e. The van der Waals surface area contributed by atoms with E-state index in [9.17, 15) is 19.2 Å². The van der Waals surface area contributed by atoms with Crippen molar-refractivity contribution in [1.82, 2.24) is 19.7 Å². The van der Waals surface area contributed by atoms with Crippen LogP contribution in [0.4, 0.5) is 0 Å². The molecule has 2 heterocycles. The molecule has 2 N–H and O–H groups in total. The van der Waals surface area contributed by atoms with E-state index >= 15 is 0 Å². The van der Waals surface area contributed by atoms with E-state index in [0.717, 1.165) is 37.7 Å². The molecule has 0 bridgehead atoms. The summed E-state index contributed by atoms with van der Waals surface area (Å²) in [6.45, 7) is 15.4. The van der Waals surface area contributed by atoms with Crippen LogP contribution in [0.25, 0.3) is 0 Å². The summed E-state index contributed by atoms with van der Waals surface area (Å²) < 4.78 is 12.0. The molecule has 1 fully saturated rings. The second-order valence-corrected chi connectivity index (χ2v) is 15.8. The lowest BCUT2D eigenvalue weighted by Gasteiger charge is -2.41. The van der Waals surface area contributed by atoms with E-state index < -0.39 is 24.2 Å². The minimum absolute atomic E-state index is 0.00718. The molecule has 1 saturated heterocycles. The average molecular weight is 746 g/mol. The molecule has 1 aromatic rings. The first kappa shape index (κ1) is 46.4. The van der Waals surface area contributed by atoms with Crippen LogP contribution in [0.15, 0.2) is 24.5 Å². The second-order valence-electron chi connectivity index (χ2n) is 15.8. The number of carbonyl (C=O) groups excluding carboxylic acids is 4. The number of nitrogens with two attached hydrogens (primary N) is 1. The Labute approximate surface area is 319 Å². The number of rotatable bonds is 25. The normalized spacial score (nSPS) is 18.8. The number of likely N-dealkylation sites (N-methyl/N-ethyl adjacent to an activating group) is 2. The number of likely N-dealkylation sites (tertiary alicyclic amines) is 1. The third kappa shape index (κ3) is 13.2. The van der Waals surface area contributed by atoms with Crippen molar-refractivity contribution in [3.05, 3.63) is 30.1 Å². The zero-order valence-electron chi connectivity index (χ0n) is 34.6. The number of hydrogen-bond donors (Lipinski definition) is 1. The van der Waals surface area contributed by atoms with E-state index in [2.05, 4.69) is 18.8 Å². The van der Waals surface area contributed by atoms with Crippen LogP contribution < -0.4 is 5.90 Å². The minimum atomic E-state index is -0.574. The quantitative estimate of drug-likeness (QED) is 0.136. The number of methoxy groups -OCH3 is 2. The predicted molar refractivity (Wildman–Crippen MR) is 208 cm³/mol. The number of aromatic nitrogens is 1. The number of pyridine rings is 1. The molecule has 8 atom stereocenters. The molecule has 1 aliphatic heterocycles. The van der Waals surface area contributed by atoms with Gasteiger partial charge in [-0.2, -0.15) is 0 Å². The van der Waals surface area contributed by atoms with Crippen molar-refractivity contribution < 1.29 is 33.5 Å². The highest BCUT2D eigenvalue weighted by atomic mass is 16.6. The molecule has 0 unspecified atom stereocenters. The van der Waals surface area contributed by atoms with Crippen molar-refractivity contribution in [2.45, 2.75) is 130 Å². The van der Waals surface area contributed by atoms with Gasteiger partial charge >= 0.3 is 0 Å². The van der Waals surface area contributed by atoms with Gasteiger partial charge in [0.15, 0.2) is 5.78 Å². The first-order valence-corrected chi connectivity index (χ1v) is 19.7. The molecule has 0 spiro atoms. The van der Waals surface area contributed by atoms with Crippen LogP contribution in [0, 0.1) is 29.6 Å². The van der Waals surface area contributed by atoms with Crippen molar-refractivity contribution in [2.24, 2.45) is 35.5 Å². The first-order valence-electron chi connectivity index (χ1n) is 19.7. The highest BCUT2D eigenvalue weighted by Crippen LogP contribution is 2.31. The van der Waals surface area contributed by atoms with Gasteiger partial charge in [0.1, 0.15) is 5.78 Å². The molecular weight excluding hydrogens is 674 g/mol. The lowest BCUT2D eigenvalue weighted by Crippen LogP contribution is -2.54. The summed E-state index contributed by atoms with van der Waals surface area (Å²) in [5.41, 5.74) is 1.15. The van der Waals surface area contributed by atoms with E-state index in [1.807, 2.05) is 63.6 Å². The lowest BCUT2D eigenvalue weighted by atomic mass is 9.83. The van der Waals surface area contributed by atoms with Crippen molar-refractivity contribution in [3.8, 4) is 0 Å².